The van der Waals surface area contributed by atoms with Crippen molar-refractivity contribution in [2.45, 2.75) is 45.9 Å². The third-order valence-electron chi connectivity index (χ3n) is 4.84. The van der Waals surface area contributed by atoms with E-state index in [-0.39, 0.29) is 17.2 Å². The molecule has 0 aliphatic carbocycles. The van der Waals surface area contributed by atoms with Crippen LogP contribution in [-0.2, 0) is 9.59 Å². The molecule has 1 aliphatic rings. The fourth-order valence-corrected chi connectivity index (χ4v) is 4.20. The van der Waals surface area contributed by atoms with E-state index in [1.165, 1.54) is 5.56 Å². The minimum absolute atomic E-state index is 0.0162. The van der Waals surface area contributed by atoms with Crippen LogP contribution < -0.4 is 10.2 Å². The molecule has 28 heavy (non-hydrogen) atoms. The minimum atomic E-state index is -0.439. The van der Waals surface area contributed by atoms with Crippen molar-refractivity contribution in [3.8, 4) is 0 Å². The molecule has 2 amide bonds. The average molecular weight is 397 g/mol. The van der Waals surface area contributed by atoms with Crippen molar-refractivity contribution in [3.05, 3.63) is 59.7 Å². The number of nitrogens with zero attached hydrogens (tertiary/aromatic N) is 1. The van der Waals surface area contributed by atoms with Crippen LogP contribution in [0.1, 0.15) is 57.0 Å². The molecule has 5 heteroatoms. The number of carbonyl (C=O) groups is 2. The van der Waals surface area contributed by atoms with E-state index < -0.39 is 5.41 Å². The second kappa shape index (κ2) is 8.00. The van der Waals surface area contributed by atoms with Crippen LogP contribution >= 0.6 is 11.8 Å². The summed E-state index contributed by atoms with van der Waals surface area (Å²) in [5.41, 5.74) is 3.57. The maximum absolute atomic E-state index is 12.5. The SMILES string of the molecule is CC(C)c1ccc(N2C(=O)CS[C@@H]2c2ccc(NC(=O)C(C)(C)C)cc2)cc1. The van der Waals surface area contributed by atoms with Crippen LogP contribution in [0.25, 0.3) is 0 Å². The van der Waals surface area contributed by atoms with E-state index in [0.29, 0.717) is 11.7 Å². The lowest BCUT2D eigenvalue weighted by atomic mass is 9.95. The lowest BCUT2D eigenvalue weighted by Gasteiger charge is -2.25. The number of thioether (sulfide) groups is 1. The first-order valence-corrected chi connectivity index (χ1v) is 10.7. The van der Waals surface area contributed by atoms with Gasteiger partial charge in [0.25, 0.3) is 0 Å². The summed E-state index contributed by atoms with van der Waals surface area (Å²) >= 11 is 1.63. The summed E-state index contributed by atoms with van der Waals surface area (Å²) < 4.78 is 0. The normalized spacial score (nSPS) is 17.3. The Bertz CT molecular complexity index is 852. The van der Waals surface area contributed by atoms with E-state index in [0.717, 1.165) is 16.9 Å². The number of benzene rings is 2. The van der Waals surface area contributed by atoms with Gasteiger partial charge in [-0.3, -0.25) is 14.5 Å². The largest absolute Gasteiger partial charge is 0.326 e. The quantitative estimate of drug-likeness (QED) is 0.735. The topological polar surface area (TPSA) is 49.4 Å². The molecule has 1 aliphatic heterocycles. The van der Waals surface area contributed by atoms with Gasteiger partial charge in [0.05, 0.1) is 5.75 Å². The van der Waals surface area contributed by atoms with Gasteiger partial charge in [-0.2, -0.15) is 0 Å². The molecule has 0 unspecified atom stereocenters. The van der Waals surface area contributed by atoms with Crippen LogP contribution in [0, 0.1) is 5.41 Å². The molecule has 0 aromatic heterocycles. The Kier molecular flexibility index (Phi) is 5.84. The number of hydrogen-bond donors (Lipinski definition) is 1. The summed E-state index contributed by atoms with van der Waals surface area (Å²) in [5, 5.41) is 2.89. The Labute approximate surface area is 171 Å². The molecule has 2 aromatic rings. The second-order valence-electron chi connectivity index (χ2n) is 8.50. The fourth-order valence-electron chi connectivity index (χ4n) is 3.02. The van der Waals surface area contributed by atoms with Gasteiger partial charge in [0.15, 0.2) is 0 Å². The smallest absolute Gasteiger partial charge is 0.238 e. The molecule has 1 fully saturated rings. The third-order valence-corrected chi connectivity index (χ3v) is 6.05. The van der Waals surface area contributed by atoms with Gasteiger partial charge >= 0.3 is 0 Å². The number of nitrogens with one attached hydrogen (secondary N) is 1. The Morgan fingerprint density at radius 3 is 2.21 bits per heavy atom. The number of hydrogen-bond acceptors (Lipinski definition) is 3. The van der Waals surface area contributed by atoms with Crippen LogP contribution in [-0.4, -0.2) is 17.6 Å². The molecule has 3 rings (SSSR count). The molecule has 1 N–H and O–H groups in total. The Morgan fingerprint density at radius 2 is 1.68 bits per heavy atom. The first-order valence-electron chi connectivity index (χ1n) is 9.62. The van der Waals surface area contributed by atoms with E-state index in [2.05, 4.69) is 31.3 Å². The maximum Gasteiger partial charge on any atom is 0.238 e. The molecular weight excluding hydrogens is 368 g/mol. The summed E-state index contributed by atoms with van der Waals surface area (Å²) in [6.07, 6.45) is 0. The highest BCUT2D eigenvalue weighted by molar-refractivity contribution is 8.00. The van der Waals surface area contributed by atoms with E-state index in [1.807, 2.05) is 62.1 Å². The van der Waals surface area contributed by atoms with Gasteiger partial charge in [-0.1, -0.05) is 58.9 Å². The van der Waals surface area contributed by atoms with Crippen LogP contribution in [0.4, 0.5) is 11.4 Å². The molecule has 1 atom stereocenters. The molecule has 0 bridgehead atoms. The molecule has 0 saturated carbocycles. The zero-order valence-electron chi connectivity index (χ0n) is 17.2. The fraction of sp³-hybridized carbons (Fsp3) is 0.391. The van der Waals surface area contributed by atoms with Crippen molar-refractivity contribution >= 4 is 35.0 Å². The zero-order chi connectivity index (χ0) is 20.5. The maximum atomic E-state index is 12.5. The van der Waals surface area contributed by atoms with Gasteiger partial charge in [-0.05, 0) is 41.3 Å². The summed E-state index contributed by atoms with van der Waals surface area (Å²) in [7, 11) is 0. The third kappa shape index (κ3) is 4.41. The predicted octanol–water partition coefficient (Wildman–Crippen LogP) is 5.57. The molecular formula is C23H28N2O2S. The first kappa shape index (κ1) is 20.5. The van der Waals surface area contributed by atoms with Gasteiger partial charge in [0.1, 0.15) is 5.37 Å². The van der Waals surface area contributed by atoms with Crippen LogP contribution in [0.2, 0.25) is 0 Å². The average Bonchev–Trinajstić information content (AvgIpc) is 3.03. The van der Waals surface area contributed by atoms with Crippen LogP contribution in [0.5, 0.6) is 0 Å². The standard InChI is InChI=1S/C23H28N2O2S/c1-15(2)16-8-12-19(13-9-16)25-20(26)14-28-21(25)17-6-10-18(11-7-17)24-22(27)23(3,4)5/h6-13,15,21H,14H2,1-5H3,(H,24,27)/t21-/m1/s1. The molecule has 0 radical (unpaired) electrons. The van der Waals surface area contributed by atoms with Gasteiger partial charge in [-0.15, -0.1) is 11.8 Å². The molecule has 1 saturated heterocycles. The van der Waals surface area contributed by atoms with Gasteiger partial charge in [0.2, 0.25) is 11.8 Å². The highest BCUT2D eigenvalue weighted by atomic mass is 32.2. The predicted molar refractivity (Wildman–Crippen MR) is 118 cm³/mol. The van der Waals surface area contributed by atoms with E-state index in [4.69, 9.17) is 0 Å². The van der Waals surface area contributed by atoms with Gasteiger partial charge in [-0.25, -0.2) is 0 Å². The summed E-state index contributed by atoms with van der Waals surface area (Å²) in [6, 6.07) is 16.0. The Hall–Kier alpha value is -2.27. The number of amides is 2. The molecule has 2 aromatic carbocycles. The highest BCUT2D eigenvalue weighted by Crippen LogP contribution is 2.42. The zero-order valence-corrected chi connectivity index (χ0v) is 18.0. The minimum Gasteiger partial charge on any atom is -0.326 e. The van der Waals surface area contributed by atoms with Crippen molar-refractivity contribution < 1.29 is 9.59 Å². The molecule has 4 nitrogen and oxygen atoms in total. The number of carbonyl (C=O) groups excluding carboxylic acids is 2. The van der Waals surface area contributed by atoms with Gasteiger partial charge < -0.3 is 5.32 Å². The van der Waals surface area contributed by atoms with E-state index in [9.17, 15) is 9.59 Å². The van der Waals surface area contributed by atoms with Crippen LogP contribution in [0.3, 0.4) is 0 Å². The second-order valence-corrected chi connectivity index (χ2v) is 9.57. The molecule has 148 valence electrons. The highest BCUT2D eigenvalue weighted by Gasteiger charge is 2.34. The van der Waals surface area contributed by atoms with Crippen molar-refractivity contribution in [2.75, 3.05) is 16.0 Å². The lowest BCUT2D eigenvalue weighted by molar-refractivity contribution is -0.123. The molecule has 0 spiro atoms. The number of anilines is 2. The van der Waals surface area contributed by atoms with E-state index in [1.54, 1.807) is 11.8 Å². The van der Waals surface area contributed by atoms with Crippen molar-refractivity contribution in [1.82, 2.24) is 0 Å². The van der Waals surface area contributed by atoms with Gasteiger partial charge in [0, 0.05) is 16.8 Å². The summed E-state index contributed by atoms with van der Waals surface area (Å²) in [4.78, 5) is 26.6. The van der Waals surface area contributed by atoms with Crippen molar-refractivity contribution in [2.24, 2.45) is 5.41 Å². The Morgan fingerprint density at radius 1 is 1.07 bits per heavy atom. The summed E-state index contributed by atoms with van der Waals surface area (Å²) in [5.74, 6) is 1.04. The van der Waals surface area contributed by atoms with Crippen molar-refractivity contribution in [1.29, 1.82) is 0 Å². The van der Waals surface area contributed by atoms with E-state index >= 15 is 0 Å². The first-order chi connectivity index (χ1) is 13.2. The Balaban J connectivity index is 1.80. The molecule has 1 heterocycles. The lowest BCUT2D eigenvalue weighted by Crippen LogP contribution is -2.28. The number of rotatable bonds is 4. The van der Waals surface area contributed by atoms with Crippen molar-refractivity contribution in [3.63, 3.8) is 0 Å². The van der Waals surface area contributed by atoms with Crippen LogP contribution in [0.15, 0.2) is 48.5 Å². The summed E-state index contributed by atoms with van der Waals surface area (Å²) in [6.45, 7) is 9.99. The monoisotopic (exact) mass is 396 g/mol.